The number of rotatable bonds is 10. The Kier molecular flexibility index (Phi) is 8.10. The predicted molar refractivity (Wildman–Crippen MR) is 113 cm³/mol. The minimum absolute atomic E-state index is 0.00182. The molecule has 0 bridgehead atoms. The second kappa shape index (κ2) is 9.90. The number of esters is 2. The lowest BCUT2D eigenvalue weighted by Gasteiger charge is -2.30. The van der Waals surface area contributed by atoms with Crippen molar-refractivity contribution in [3.05, 3.63) is 0 Å². The van der Waals surface area contributed by atoms with Gasteiger partial charge in [-0.25, -0.2) is 0 Å². The van der Waals surface area contributed by atoms with Crippen LogP contribution in [0.3, 0.4) is 0 Å². The summed E-state index contributed by atoms with van der Waals surface area (Å²) < 4.78 is 10.8. The summed E-state index contributed by atoms with van der Waals surface area (Å²) >= 11 is 5.35. The zero-order chi connectivity index (χ0) is 20.8. The van der Waals surface area contributed by atoms with Gasteiger partial charge < -0.3 is 20.1 Å². The van der Waals surface area contributed by atoms with Gasteiger partial charge in [0.15, 0.2) is 5.11 Å². The van der Waals surface area contributed by atoms with Crippen LogP contribution in [0.15, 0.2) is 0 Å². The number of nitrogens with one attached hydrogen (secondary N) is 2. The van der Waals surface area contributed by atoms with E-state index in [2.05, 4.69) is 38.3 Å². The van der Waals surface area contributed by atoms with E-state index in [1.165, 1.54) is 0 Å². The van der Waals surface area contributed by atoms with Crippen LogP contribution in [0.25, 0.3) is 0 Å². The first-order valence-electron chi connectivity index (χ1n) is 10.5. The van der Waals surface area contributed by atoms with Crippen molar-refractivity contribution in [1.29, 1.82) is 0 Å². The van der Waals surface area contributed by atoms with Crippen LogP contribution in [-0.4, -0.2) is 42.3 Å². The van der Waals surface area contributed by atoms with Crippen molar-refractivity contribution >= 4 is 29.3 Å². The number of cyclic esters (lactones) is 2. The molecule has 6 nitrogen and oxygen atoms in total. The highest BCUT2D eigenvalue weighted by molar-refractivity contribution is 7.80. The normalized spacial score (nSPS) is 22.7. The number of ether oxygens (including phenoxy) is 2. The van der Waals surface area contributed by atoms with Gasteiger partial charge in [0.1, 0.15) is 12.2 Å². The highest BCUT2D eigenvalue weighted by Crippen LogP contribution is 2.36. The standard InChI is InChI=1S/C21H36N2O4S/c1-20(2,15-7-9-17(24)26-15)11-5-13-22-19(28)23-14-6-12-21(3,4)16-8-10-18(25)27-16/h15-16H,5-14H2,1-4H3,(H2,22,23,28). The fourth-order valence-corrected chi connectivity index (χ4v) is 4.23. The molecule has 2 heterocycles. The van der Waals surface area contributed by atoms with E-state index in [0.717, 1.165) is 51.6 Å². The van der Waals surface area contributed by atoms with Crippen molar-refractivity contribution in [2.45, 2.75) is 91.3 Å². The third kappa shape index (κ3) is 6.90. The summed E-state index contributed by atoms with van der Waals surface area (Å²) in [6, 6.07) is 0. The van der Waals surface area contributed by atoms with E-state index < -0.39 is 0 Å². The summed E-state index contributed by atoms with van der Waals surface area (Å²) in [6.07, 6.45) is 6.72. The summed E-state index contributed by atoms with van der Waals surface area (Å²) in [4.78, 5) is 22.6. The number of thiocarbonyl (C=S) groups is 1. The molecule has 2 saturated heterocycles. The smallest absolute Gasteiger partial charge is 0.306 e. The zero-order valence-corrected chi connectivity index (χ0v) is 18.6. The van der Waals surface area contributed by atoms with Gasteiger partial charge in [-0.1, -0.05) is 27.7 Å². The number of carbonyl (C=O) groups excluding carboxylic acids is 2. The largest absolute Gasteiger partial charge is 0.462 e. The van der Waals surface area contributed by atoms with E-state index in [1.807, 2.05) is 0 Å². The van der Waals surface area contributed by atoms with Gasteiger partial charge in [-0.2, -0.15) is 0 Å². The van der Waals surface area contributed by atoms with E-state index in [9.17, 15) is 9.59 Å². The van der Waals surface area contributed by atoms with Crippen LogP contribution in [0.1, 0.15) is 79.1 Å². The quantitative estimate of drug-likeness (QED) is 0.323. The molecule has 2 aliphatic heterocycles. The lowest BCUT2D eigenvalue weighted by Crippen LogP contribution is -2.38. The number of hydrogen-bond donors (Lipinski definition) is 2. The molecule has 0 aliphatic carbocycles. The molecule has 0 radical (unpaired) electrons. The van der Waals surface area contributed by atoms with Crippen LogP contribution in [-0.2, 0) is 19.1 Å². The van der Waals surface area contributed by atoms with Crippen molar-refractivity contribution in [3.63, 3.8) is 0 Å². The fraction of sp³-hybridized carbons (Fsp3) is 0.857. The van der Waals surface area contributed by atoms with Crippen molar-refractivity contribution < 1.29 is 19.1 Å². The summed E-state index contributed by atoms with van der Waals surface area (Å²) in [7, 11) is 0. The van der Waals surface area contributed by atoms with E-state index in [1.54, 1.807) is 0 Å². The van der Waals surface area contributed by atoms with Gasteiger partial charge in [0.25, 0.3) is 0 Å². The summed E-state index contributed by atoms with van der Waals surface area (Å²) in [5.74, 6) is -0.147. The molecule has 2 fully saturated rings. The van der Waals surface area contributed by atoms with Crippen molar-refractivity contribution in [3.8, 4) is 0 Å². The minimum atomic E-state index is -0.0733. The molecule has 0 spiro atoms. The molecule has 7 heteroatoms. The van der Waals surface area contributed by atoms with Crippen LogP contribution in [0.2, 0.25) is 0 Å². The van der Waals surface area contributed by atoms with Crippen LogP contribution in [0.4, 0.5) is 0 Å². The monoisotopic (exact) mass is 412 g/mol. The van der Waals surface area contributed by atoms with Crippen LogP contribution in [0.5, 0.6) is 0 Å². The molecule has 0 aromatic heterocycles. The first kappa shape index (κ1) is 22.9. The average Bonchev–Trinajstić information content (AvgIpc) is 3.25. The first-order chi connectivity index (χ1) is 13.1. The van der Waals surface area contributed by atoms with Gasteiger partial charge in [-0.15, -0.1) is 0 Å². The Hall–Kier alpha value is -1.37. The Morgan fingerprint density at radius 3 is 1.61 bits per heavy atom. The van der Waals surface area contributed by atoms with Crippen molar-refractivity contribution in [2.75, 3.05) is 13.1 Å². The molecule has 0 aromatic rings. The minimum Gasteiger partial charge on any atom is -0.462 e. The average molecular weight is 413 g/mol. The third-order valence-corrected chi connectivity index (χ3v) is 6.37. The lowest BCUT2D eigenvalue weighted by atomic mass is 9.81. The Bertz CT molecular complexity index is 529. The van der Waals surface area contributed by atoms with Crippen LogP contribution < -0.4 is 10.6 Å². The summed E-state index contributed by atoms with van der Waals surface area (Å²) in [6.45, 7) is 10.3. The summed E-state index contributed by atoms with van der Waals surface area (Å²) in [5, 5.41) is 7.19. The van der Waals surface area contributed by atoms with Gasteiger partial charge in [-0.05, 0) is 50.7 Å². The van der Waals surface area contributed by atoms with E-state index in [-0.39, 0.29) is 35.0 Å². The van der Waals surface area contributed by atoms with Gasteiger partial charge in [0, 0.05) is 36.8 Å². The van der Waals surface area contributed by atoms with E-state index in [4.69, 9.17) is 21.7 Å². The van der Waals surface area contributed by atoms with Gasteiger partial charge in [0.2, 0.25) is 0 Å². The lowest BCUT2D eigenvalue weighted by molar-refractivity contribution is -0.146. The maximum Gasteiger partial charge on any atom is 0.306 e. The maximum atomic E-state index is 11.3. The predicted octanol–water partition coefficient (Wildman–Crippen LogP) is 3.47. The molecular weight excluding hydrogens is 376 g/mol. The molecule has 0 saturated carbocycles. The number of hydrogen-bond acceptors (Lipinski definition) is 5. The molecule has 2 N–H and O–H groups in total. The molecule has 160 valence electrons. The second-order valence-electron chi connectivity index (χ2n) is 9.40. The van der Waals surface area contributed by atoms with Crippen molar-refractivity contribution in [1.82, 2.24) is 10.6 Å². The molecular formula is C21H36N2O4S. The topological polar surface area (TPSA) is 76.7 Å². The molecule has 2 unspecified atom stereocenters. The van der Waals surface area contributed by atoms with Crippen LogP contribution in [0, 0.1) is 10.8 Å². The molecule has 0 aromatic carbocycles. The molecule has 2 atom stereocenters. The maximum absolute atomic E-state index is 11.3. The zero-order valence-electron chi connectivity index (χ0n) is 17.8. The van der Waals surface area contributed by atoms with Gasteiger partial charge in [0.05, 0.1) is 0 Å². The summed E-state index contributed by atoms with van der Waals surface area (Å²) in [5.41, 5.74) is -0.00364. The third-order valence-electron chi connectivity index (χ3n) is 6.08. The molecule has 2 aliphatic rings. The highest BCUT2D eigenvalue weighted by atomic mass is 32.1. The first-order valence-corrected chi connectivity index (χ1v) is 10.9. The highest BCUT2D eigenvalue weighted by Gasteiger charge is 2.37. The SMILES string of the molecule is CC(C)(CCCNC(=S)NCCCC(C)(C)C1CCC(=O)O1)C1CCC(=O)O1. The van der Waals surface area contributed by atoms with E-state index in [0.29, 0.717) is 18.0 Å². The Labute approximate surface area is 174 Å². The Morgan fingerprint density at radius 1 is 0.893 bits per heavy atom. The molecule has 2 rings (SSSR count). The van der Waals surface area contributed by atoms with Crippen LogP contribution >= 0.6 is 12.2 Å². The van der Waals surface area contributed by atoms with E-state index >= 15 is 0 Å². The Morgan fingerprint density at radius 2 is 1.29 bits per heavy atom. The van der Waals surface area contributed by atoms with Gasteiger partial charge >= 0.3 is 11.9 Å². The second-order valence-corrected chi connectivity index (χ2v) is 9.81. The molecule has 28 heavy (non-hydrogen) atoms. The van der Waals surface area contributed by atoms with Crippen molar-refractivity contribution in [2.24, 2.45) is 10.8 Å². The molecule has 0 amide bonds. The Balaban J connectivity index is 1.54. The number of carbonyl (C=O) groups is 2. The fourth-order valence-electron chi connectivity index (χ4n) is 4.03. The van der Waals surface area contributed by atoms with Gasteiger partial charge in [-0.3, -0.25) is 9.59 Å².